The number of nitriles is 1. The van der Waals surface area contributed by atoms with Crippen molar-refractivity contribution in [2.24, 2.45) is 0 Å². The lowest BCUT2D eigenvalue weighted by Crippen LogP contribution is -2.31. The third kappa shape index (κ3) is 2.25. The molecule has 0 spiro atoms. The highest BCUT2D eigenvalue weighted by Gasteiger charge is 2.20. The number of anilines is 2. The van der Waals surface area contributed by atoms with E-state index in [0.29, 0.717) is 5.56 Å². The van der Waals surface area contributed by atoms with Crippen LogP contribution in [0, 0.1) is 11.3 Å². The van der Waals surface area contributed by atoms with E-state index in [9.17, 15) is 5.26 Å². The van der Waals surface area contributed by atoms with Crippen molar-refractivity contribution in [2.75, 3.05) is 17.2 Å². The lowest BCUT2D eigenvalue weighted by atomic mass is 9.97. The third-order valence-electron chi connectivity index (χ3n) is 3.73. The Hall–Kier alpha value is -1.99. The molecule has 0 fully saturated rings. The summed E-state index contributed by atoms with van der Waals surface area (Å²) in [6.45, 7) is 1.67. The van der Waals surface area contributed by atoms with Gasteiger partial charge in [-0.1, -0.05) is 28.1 Å². The van der Waals surface area contributed by atoms with E-state index >= 15 is 0 Å². The highest BCUT2D eigenvalue weighted by molar-refractivity contribution is 9.10. The maximum absolute atomic E-state index is 9.30. The second-order valence-electron chi connectivity index (χ2n) is 4.93. The van der Waals surface area contributed by atoms with Crippen molar-refractivity contribution in [2.45, 2.75) is 13.0 Å². The van der Waals surface area contributed by atoms with Crippen molar-refractivity contribution in [1.29, 1.82) is 5.26 Å². The number of halogens is 1. The van der Waals surface area contributed by atoms with Crippen molar-refractivity contribution in [3.05, 3.63) is 57.6 Å². The summed E-state index contributed by atoms with van der Waals surface area (Å²) in [4.78, 5) is 2.23. The fraction of sp³-hybridized carbons (Fsp3) is 0.188. The van der Waals surface area contributed by atoms with E-state index in [1.165, 1.54) is 11.1 Å². The van der Waals surface area contributed by atoms with E-state index in [4.69, 9.17) is 5.73 Å². The normalized spacial score (nSPS) is 13.7. The first-order valence-electron chi connectivity index (χ1n) is 6.50. The quantitative estimate of drug-likeness (QED) is 0.816. The van der Waals surface area contributed by atoms with Gasteiger partial charge in [0.2, 0.25) is 0 Å². The molecule has 2 aromatic carbocycles. The summed E-state index contributed by atoms with van der Waals surface area (Å²) < 4.78 is 0.926. The highest BCUT2D eigenvalue weighted by atomic mass is 79.9. The van der Waals surface area contributed by atoms with E-state index in [1.807, 2.05) is 30.3 Å². The van der Waals surface area contributed by atoms with Crippen LogP contribution in [0.3, 0.4) is 0 Å². The molecule has 1 aliphatic rings. The summed E-state index contributed by atoms with van der Waals surface area (Å²) >= 11 is 3.41. The number of hydrogen-bond acceptors (Lipinski definition) is 3. The third-order valence-corrected chi connectivity index (χ3v) is 4.22. The van der Waals surface area contributed by atoms with Crippen LogP contribution >= 0.6 is 15.9 Å². The SMILES string of the molecule is N#Cc1cc(Br)ccc1N1CCc2cccc(N)c2C1. The van der Waals surface area contributed by atoms with E-state index in [2.05, 4.69) is 33.0 Å². The zero-order chi connectivity index (χ0) is 14.1. The van der Waals surface area contributed by atoms with Gasteiger partial charge in [-0.25, -0.2) is 0 Å². The van der Waals surface area contributed by atoms with Gasteiger partial charge in [-0.2, -0.15) is 5.26 Å². The molecule has 0 amide bonds. The van der Waals surface area contributed by atoms with Crippen LogP contribution in [0.2, 0.25) is 0 Å². The minimum atomic E-state index is 0.692. The molecule has 1 heterocycles. The molecule has 4 heteroatoms. The van der Waals surface area contributed by atoms with Crippen LogP contribution in [0.15, 0.2) is 40.9 Å². The fourth-order valence-electron chi connectivity index (χ4n) is 2.69. The summed E-state index contributed by atoms with van der Waals surface area (Å²) in [6, 6.07) is 14.2. The van der Waals surface area contributed by atoms with Gasteiger partial charge in [-0.3, -0.25) is 0 Å². The fourth-order valence-corrected chi connectivity index (χ4v) is 3.05. The van der Waals surface area contributed by atoms with Crippen LogP contribution in [0.1, 0.15) is 16.7 Å². The maximum atomic E-state index is 9.30. The smallest absolute Gasteiger partial charge is 0.101 e. The number of rotatable bonds is 1. The summed E-state index contributed by atoms with van der Waals surface area (Å²) in [6.07, 6.45) is 0.960. The van der Waals surface area contributed by atoms with Gasteiger partial charge in [0.15, 0.2) is 0 Å². The molecule has 0 saturated heterocycles. The summed E-state index contributed by atoms with van der Waals surface area (Å²) in [7, 11) is 0. The van der Waals surface area contributed by atoms with Crippen LogP contribution in [0.25, 0.3) is 0 Å². The van der Waals surface area contributed by atoms with E-state index in [1.54, 1.807) is 0 Å². The molecule has 2 aromatic rings. The molecule has 3 nitrogen and oxygen atoms in total. The van der Waals surface area contributed by atoms with Crippen LogP contribution in [-0.4, -0.2) is 6.54 Å². The van der Waals surface area contributed by atoms with Crippen molar-refractivity contribution in [3.8, 4) is 6.07 Å². The molecular weight excluding hydrogens is 314 g/mol. The highest BCUT2D eigenvalue weighted by Crippen LogP contribution is 2.31. The van der Waals surface area contributed by atoms with E-state index in [0.717, 1.165) is 35.4 Å². The monoisotopic (exact) mass is 327 g/mol. The van der Waals surface area contributed by atoms with Gasteiger partial charge in [0.1, 0.15) is 6.07 Å². The Bertz CT molecular complexity index is 703. The Morgan fingerprint density at radius 3 is 2.90 bits per heavy atom. The molecule has 0 bridgehead atoms. The Morgan fingerprint density at radius 2 is 2.10 bits per heavy atom. The predicted octanol–water partition coefficient (Wildman–Crippen LogP) is 3.47. The van der Waals surface area contributed by atoms with Crippen molar-refractivity contribution in [3.63, 3.8) is 0 Å². The van der Waals surface area contributed by atoms with Gasteiger partial charge in [0, 0.05) is 23.2 Å². The molecule has 1 aliphatic heterocycles. The van der Waals surface area contributed by atoms with Crippen LogP contribution in [0.4, 0.5) is 11.4 Å². The minimum Gasteiger partial charge on any atom is -0.398 e. The molecule has 0 radical (unpaired) electrons. The predicted molar refractivity (Wildman–Crippen MR) is 84.5 cm³/mol. The van der Waals surface area contributed by atoms with E-state index < -0.39 is 0 Å². The van der Waals surface area contributed by atoms with Gasteiger partial charge in [-0.15, -0.1) is 0 Å². The van der Waals surface area contributed by atoms with Crippen LogP contribution in [0.5, 0.6) is 0 Å². The standard InChI is InChI=1S/C16H14BrN3/c17-13-4-5-16(12(8-13)9-18)20-7-6-11-2-1-3-15(19)14(11)10-20/h1-5,8H,6-7,10,19H2. The lowest BCUT2D eigenvalue weighted by Gasteiger charge is -2.32. The summed E-state index contributed by atoms with van der Waals surface area (Å²) in [5, 5.41) is 9.30. The first kappa shape index (κ1) is 13.0. The lowest BCUT2D eigenvalue weighted by molar-refractivity contribution is 0.732. The molecule has 3 rings (SSSR count). The zero-order valence-electron chi connectivity index (χ0n) is 10.9. The number of benzene rings is 2. The second-order valence-corrected chi connectivity index (χ2v) is 5.85. The Balaban J connectivity index is 1.99. The number of nitrogens with two attached hydrogens (primary N) is 1. The topological polar surface area (TPSA) is 53.0 Å². The largest absolute Gasteiger partial charge is 0.398 e. The average Bonchev–Trinajstić information content (AvgIpc) is 2.47. The van der Waals surface area contributed by atoms with Crippen molar-refractivity contribution in [1.82, 2.24) is 0 Å². The molecule has 0 aromatic heterocycles. The first-order valence-corrected chi connectivity index (χ1v) is 7.29. The Kier molecular flexibility index (Phi) is 3.37. The molecule has 20 heavy (non-hydrogen) atoms. The van der Waals surface area contributed by atoms with Crippen molar-refractivity contribution >= 4 is 27.3 Å². The Morgan fingerprint density at radius 1 is 1.25 bits per heavy atom. The molecule has 0 saturated carbocycles. The molecular formula is C16H14BrN3. The number of nitrogens with zero attached hydrogens (tertiary/aromatic N) is 2. The zero-order valence-corrected chi connectivity index (χ0v) is 12.5. The Labute approximate surface area is 126 Å². The summed E-state index contributed by atoms with van der Waals surface area (Å²) in [5.74, 6) is 0. The van der Waals surface area contributed by atoms with Gasteiger partial charge in [0.25, 0.3) is 0 Å². The molecule has 2 N–H and O–H groups in total. The molecule has 0 atom stereocenters. The van der Waals surface area contributed by atoms with Crippen LogP contribution < -0.4 is 10.6 Å². The number of hydrogen-bond donors (Lipinski definition) is 1. The van der Waals surface area contributed by atoms with Gasteiger partial charge >= 0.3 is 0 Å². The first-order chi connectivity index (χ1) is 9.69. The van der Waals surface area contributed by atoms with Crippen LogP contribution in [-0.2, 0) is 13.0 Å². The van der Waals surface area contributed by atoms with Gasteiger partial charge in [0.05, 0.1) is 11.3 Å². The minimum absolute atomic E-state index is 0.692. The maximum Gasteiger partial charge on any atom is 0.101 e. The molecule has 0 unspecified atom stereocenters. The van der Waals surface area contributed by atoms with Gasteiger partial charge in [-0.05, 0) is 41.8 Å². The molecule has 100 valence electrons. The second kappa shape index (κ2) is 5.18. The van der Waals surface area contributed by atoms with Gasteiger partial charge < -0.3 is 10.6 Å². The summed E-state index contributed by atoms with van der Waals surface area (Å²) in [5.41, 5.74) is 11.1. The number of nitrogen functional groups attached to an aromatic ring is 1. The van der Waals surface area contributed by atoms with E-state index in [-0.39, 0.29) is 0 Å². The van der Waals surface area contributed by atoms with Crippen molar-refractivity contribution < 1.29 is 0 Å². The average molecular weight is 328 g/mol. The number of fused-ring (bicyclic) bond motifs is 1. The molecule has 0 aliphatic carbocycles.